The Morgan fingerprint density at radius 1 is 0.821 bits per heavy atom. The van der Waals surface area contributed by atoms with Crippen LogP contribution >= 0.6 is 0 Å². The summed E-state index contributed by atoms with van der Waals surface area (Å²) in [6, 6.07) is 12.5. The molecule has 5 nitrogen and oxygen atoms in total. The van der Waals surface area contributed by atoms with Crippen molar-refractivity contribution in [1.82, 2.24) is 5.32 Å². The van der Waals surface area contributed by atoms with Crippen molar-refractivity contribution >= 4 is 0 Å². The van der Waals surface area contributed by atoms with Gasteiger partial charge in [0, 0.05) is 12.6 Å². The first kappa shape index (κ1) is 21.9. The summed E-state index contributed by atoms with van der Waals surface area (Å²) in [7, 11) is 4.99. The van der Waals surface area contributed by atoms with Crippen LogP contribution in [0.1, 0.15) is 37.8 Å². The standard InChI is InChI=1S/C23H33NO4/c1-6-7-12-28-21-11-9-19(15-23(21)27-5)16-24-17(2)13-18-8-10-20(25-3)22(14-18)26-4/h8-11,14-15,17,24H,6-7,12-13,16H2,1-5H3. The predicted molar refractivity (Wildman–Crippen MR) is 113 cm³/mol. The molecule has 1 atom stereocenters. The van der Waals surface area contributed by atoms with Crippen molar-refractivity contribution in [2.45, 2.75) is 45.7 Å². The van der Waals surface area contributed by atoms with E-state index in [1.807, 2.05) is 24.3 Å². The number of hydrogen-bond donors (Lipinski definition) is 1. The molecular weight excluding hydrogens is 354 g/mol. The Morgan fingerprint density at radius 3 is 2.11 bits per heavy atom. The minimum absolute atomic E-state index is 0.310. The Bertz CT molecular complexity index is 733. The number of hydrogen-bond acceptors (Lipinski definition) is 5. The Labute approximate surface area is 169 Å². The SMILES string of the molecule is CCCCOc1ccc(CNC(C)Cc2ccc(OC)c(OC)c2)cc1OC. The van der Waals surface area contributed by atoms with Gasteiger partial charge in [-0.2, -0.15) is 0 Å². The van der Waals surface area contributed by atoms with Crippen LogP contribution in [0.3, 0.4) is 0 Å². The number of nitrogens with one attached hydrogen (secondary N) is 1. The van der Waals surface area contributed by atoms with Gasteiger partial charge in [0.2, 0.25) is 0 Å². The van der Waals surface area contributed by atoms with E-state index in [9.17, 15) is 0 Å². The fourth-order valence-electron chi connectivity index (χ4n) is 2.99. The molecule has 0 fully saturated rings. The van der Waals surface area contributed by atoms with Crippen molar-refractivity contribution < 1.29 is 18.9 Å². The maximum Gasteiger partial charge on any atom is 0.161 e. The van der Waals surface area contributed by atoms with Gasteiger partial charge in [-0.05, 0) is 55.2 Å². The van der Waals surface area contributed by atoms with E-state index in [1.165, 1.54) is 11.1 Å². The molecule has 154 valence electrons. The quantitative estimate of drug-likeness (QED) is 0.539. The molecule has 2 aromatic carbocycles. The van der Waals surface area contributed by atoms with E-state index in [2.05, 4.69) is 31.3 Å². The highest BCUT2D eigenvalue weighted by molar-refractivity contribution is 5.44. The lowest BCUT2D eigenvalue weighted by molar-refractivity contribution is 0.288. The molecule has 1 unspecified atom stereocenters. The second-order valence-electron chi connectivity index (χ2n) is 6.86. The van der Waals surface area contributed by atoms with E-state index in [-0.39, 0.29) is 0 Å². The zero-order valence-electron chi connectivity index (χ0n) is 17.7. The average Bonchev–Trinajstić information content (AvgIpc) is 2.72. The highest BCUT2D eigenvalue weighted by Crippen LogP contribution is 2.29. The van der Waals surface area contributed by atoms with Crippen LogP contribution in [0.5, 0.6) is 23.0 Å². The normalized spacial score (nSPS) is 11.8. The van der Waals surface area contributed by atoms with Crippen molar-refractivity contribution in [3.05, 3.63) is 47.5 Å². The van der Waals surface area contributed by atoms with E-state index >= 15 is 0 Å². The van der Waals surface area contributed by atoms with Crippen LogP contribution in [0.25, 0.3) is 0 Å². The van der Waals surface area contributed by atoms with Gasteiger partial charge in [-0.15, -0.1) is 0 Å². The zero-order valence-corrected chi connectivity index (χ0v) is 17.7. The third-order valence-corrected chi connectivity index (χ3v) is 4.63. The molecule has 0 saturated carbocycles. The molecule has 1 N–H and O–H groups in total. The first-order valence-electron chi connectivity index (χ1n) is 9.85. The Hall–Kier alpha value is -2.40. The highest BCUT2D eigenvalue weighted by Gasteiger charge is 2.10. The molecular formula is C23H33NO4. The molecule has 28 heavy (non-hydrogen) atoms. The van der Waals surface area contributed by atoms with E-state index < -0.39 is 0 Å². The Kier molecular flexibility index (Phi) is 8.95. The molecule has 0 heterocycles. The van der Waals surface area contributed by atoms with Gasteiger partial charge in [0.05, 0.1) is 27.9 Å². The van der Waals surface area contributed by atoms with Gasteiger partial charge in [-0.1, -0.05) is 25.5 Å². The molecule has 0 amide bonds. The third-order valence-electron chi connectivity index (χ3n) is 4.63. The summed E-state index contributed by atoms with van der Waals surface area (Å²) in [6.07, 6.45) is 3.05. The van der Waals surface area contributed by atoms with E-state index in [1.54, 1.807) is 21.3 Å². The smallest absolute Gasteiger partial charge is 0.161 e. The maximum atomic E-state index is 5.80. The summed E-state index contributed by atoms with van der Waals surface area (Å²) in [4.78, 5) is 0. The summed E-state index contributed by atoms with van der Waals surface area (Å²) in [5, 5.41) is 3.57. The second-order valence-corrected chi connectivity index (χ2v) is 6.86. The van der Waals surface area contributed by atoms with Crippen LogP contribution in [-0.2, 0) is 13.0 Å². The molecule has 0 spiro atoms. The molecule has 5 heteroatoms. The van der Waals surface area contributed by atoms with Crippen molar-refractivity contribution in [2.75, 3.05) is 27.9 Å². The Morgan fingerprint density at radius 2 is 1.43 bits per heavy atom. The van der Waals surface area contributed by atoms with Crippen LogP contribution in [-0.4, -0.2) is 34.0 Å². The largest absolute Gasteiger partial charge is 0.493 e. The van der Waals surface area contributed by atoms with Crippen molar-refractivity contribution in [3.63, 3.8) is 0 Å². The van der Waals surface area contributed by atoms with Gasteiger partial charge in [0.15, 0.2) is 23.0 Å². The zero-order chi connectivity index (χ0) is 20.4. The minimum Gasteiger partial charge on any atom is -0.493 e. The lowest BCUT2D eigenvalue weighted by Gasteiger charge is -2.17. The number of benzene rings is 2. The van der Waals surface area contributed by atoms with Crippen LogP contribution in [0.15, 0.2) is 36.4 Å². The summed E-state index contributed by atoms with van der Waals surface area (Å²) < 4.78 is 22.0. The molecule has 2 aromatic rings. The summed E-state index contributed by atoms with van der Waals surface area (Å²) in [5.41, 5.74) is 2.37. The topological polar surface area (TPSA) is 49.0 Å². The molecule has 0 aliphatic rings. The molecule has 0 bridgehead atoms. The lowest BCUT2D eigenvalue weighted by Crippen LogP contribution is -2.27. The number of rotatable bonds is 12. The van der Waals surface area contributed by atoms with Crippen LogP contribution < -0.4 is 24.3 Å². The predicted octanol–water partition coefficient (Wildman–Crippen LogP) is 4.61. The molecule has 2 rings (SSSR count). The molecule has 0 saturated heterocycles. The third kappa shape index (κ3) is 6.34. The van der Waals surface area contributed by atoms with Crippen LogP contribution in [0.4, 0.5) is 0 Å². The minimum atomic E-state index is 0.310. The van der Waals surface area contributed by atoms with E-state index in [0.29, 0.717) is 12.6 Å². The van der Waals surface area contributed by atoms with Crippen LogP contribution in [0, 0.1) is 0 Å². The van der Waals surface area contributed by atoms with E-state index in [4.69, 9.17) is 18.9 Å². The first-order chi connectivity index (χ1) is 13.6. The van der Waals surface area contributed by atoms with Gasteiger partial charge in [0.1, 0.15) is 0 Å². The first-order valence-corrected chi connectivity index (χ1v) is 9.85. The number of ether oxygens (including phenoxy) is 4. The van der Waals surface area contributed by atoms with Crippen molar-refractivity contribution in [3.8, 4) is 23.0 Å². The van der Waals surface area contributed by atoms with Gasteiger partial charge in [0.25, 0.3) is 0 Å². The van der Waals surface area contributed by atoms with E-state index in [0.717, 1.165) is 48.8 Å². The average molecular weight is 388 g/mol. The van der Waals surface area contributed by atoms with Gasteiger partial charge < -0.3 is 24.3 Å². The second kappa shape index (κ2) is 11.4. The van der Waals surface area contributed by atoms with Crippen LogP contribution in [0.2, 0.25) is 0 Å². The molecule has 0 aliphatic carbocycles. The van der Waals surface area contributed by atoms with Gasteiger partial charge in [-0.25, -0.2) is 0 Å². The summed E-state index contributed by atoms with van der Waals surface area (Å²) in [5.74, 6) is 3.09. The Balaban J connectivity index is 1.92. The van der Waals surface area contributed by atoms with Crippen molar-refractivity contribution in [1.29, 1.82) is 0 Å². The monoisotopic (exact) mass is 387 g/mol. The van der Waals surface area contributed by atoms with Crippen molar-refractivity contribution in [2.24, 2.45) is 0 Å². The highest BCUT2D eigenvalue weighted by atomic mass is 16.5. The fourth-order valence-corrected chi connectivity index (χ4v) is 2.99. The fraction of sp³-hybridized carbons (Fsp3) is 0.478. The summed E-state index contributed by atoms with van der Waals surface area (Å²) in [6.45, 7) is 5.81. The van der Waals surface area contributed by atoms with Gasteiger partial charge in [-0.3, -0.25) is 0 Å². The number of methoxy groups -OCH3 is 3. The number of unbranched alkanes of at least 4 members (excludes halogenated alkanes) is 1. The summed E-state index contributed by atoms with van der Waals surface area (Å²) >= 11 is 0. The lowest BCUT2D eigenvalue weighted by atomic mass is 10.1. The molecule has 0 aliphatic heterocycles. The maximum absolute atomic E-state index is 5.80. The van der Waals surface area contributed by atoms with Gasteiger partial charge >= 0.3 is 0 Å². The molecule has 0 aromatic heterocycles. The molecule has 0 radical (unpaired) electrons.